The van der Waals surface area contributed by atoms with Gasteiger partial charge < -0.3 is 14.8 Å². The Hall–Kier alpha value is -2.60. The van der Waals surface area contributed by atoms with E-state index in [1.807, 2.05) is 42.5 Å². The number of methoxy groups -OCH3 is 1. The maximum absolute atomic E-state index is 5.64. The Balaban J connectivity index is 2.07. The van der Waals surface area contributed by atoms with Crippen molar-refractivity contribution in [3.63, 3.8) is 0 Å². The van der Waals surface area contributed by atoms with Crippen LogP contribution in [0.15, 0.2) is 42.5 Å². The summed E-state index contributed by atoms with van der Waals surface area (Å²) < 4.78 is 12.5. The highest BCUT2D eigenvalue weighted by atomic mass is 16.5. The number of benzene rings is 1. The number of hydrogen-bond donors (Lipinski definition) is 1. The summed E-state index contributed by atoms with van der Waals surface area (Å²) in [6.07, 6.45) is 0. The quantitative estimate of drug-likeness (QED) is 0.694. The lowest BCUT2D eigenvalue weighted by molar-refractivity contribution is 0.143. The van der Waals surface area contributed by atoms with Crippen molar-refractivity contribution in [1.82, 2.24) is 14.6 Å². The van der Waals surface area contributed by atoms with Crippen LogP contribution in [0.25, 0.3) is 16.9 Å². The zero-order chi connectivity index (χ0) is 17.9. The van der Waals surface area contributed by atoms with Crippen molar-refractivity contribution in [1.29, 1.82) is 0 Å². The van der Waals surface area contributed by atoms with Crippen molar-refractivity contribution in [2.45, 2.75) is 26.3 Å². The van der Waals surface area contributed by atoms with Crippen molar-refractivity contribution in [3.05, 3.63) is 42.5 Å². The van der Waals surface area contributed by atoms with Gasteiger partial charge >= 0.3 is 0 Å². The number of imidazole rings is 1. The highest BCUT2D eigenvalue weighted by molar-refractivity contribution is 5.76. The lowest BCUT2D eigenvalue weighted by Crippen LogP contribution is -2.27. The Kier molecular flexibility index (Phi) is 4.90. The van der Waals surface area contributed by atoms with Gasteiger partial charge in [-0.25, -0.2) is 4.98 Å². The van der Waals surface area contributed by atoms with Gasteiger partial charge in [0.25, 0.3) is 0 Å². The Labute approximate surface area is 147 Å². The van der Waals surface area contributed by atoms with E-state index < -0.39 is 0 Å². The molecule has 0 spiro atoms. The fourth-order valence-electron chi connectivity index (χ4n) is 2.49. The summed E-state index contributed by atoms with van der Waals surface area (Å²) in [4.78, 5) is 4.76. The summed E-state index contributed by atoms with van der Waals surface area (Å²) in [6, 6.07) is 13.8. The summed E-state index contributed by atoms with van der Waals surface area (Å²) in [5.41, 5.74) is 2.55. The number of ether oxygens (including phenoxy) is 2. The molecular formula is C19H24N4O2. The van der Waals surface area contributed by atoms with Crippen LogP contribution in [0, 0.1) is 0 Å². The van der Waals surface area contributed by atoms with Crippen LogP contribution in [0.4, 0.5) is 5.82 Å². The largest absolute Gasteiger partial charge is 0.474 e. The lowest BCUT2D eigenvalue weighted by atomic mass is 10.1. The molecule has 0 bridgehead atoms. The number of fused-ring (bicyclic) bond motifs is 1. The summed E-state index contributed by atoms with van der Waals surface area (Å²) in [6.45, 7) is 7.31. The van der Waals surface area contributed by atoms with Crippen molar-refractivity contribution in [2.75, 3.05) is 25.6 Å². The number of hydrogen-bond acceptors (Lipinski definition) is 5. The number of rotatable bonds is 6. The molecule has 0 radical (unpaired) electrons. The van der Waals surface area contributed by atoms with Crippen molar-refractivity contribution < 1.29 is 9.47 Å². The van der Waals surface area contributed by atoms with Gasteiger partial charge in [-0.1, -0.05) is 30.3 Å². The number of nitrogens with one attached hydrogen (secondary N) is 1. The van der Waals surface area contributed by atoms with E-state index in [-0.39, 0.29) is 5.54 Å². The minimum absolute atomic E-state index is 0.131. The Morgan fingerprint density at radius 2 is 1.80 bits per heavy atom. The van der Waals surface area contributed by atoms with E-state index >= 15 is 0 Å². The van der Waals surface area contributed by atoms with E-state index in [9.17, 15) is 0 Å². The molecule has 1 N–H and O–H groups in total. The van der Waals surface area contributed by atoms with E-state index in [0.29, 0.717) is 19.1 Å². The molecule has 0 unspecified atom stereocenters. The Bertz CT molecular complexity index is 838. The predicted octanol–water partition coefficient (Wildman–Crippen LogP) is 3.63. The molecule has 0 aliphatic carbocycles. The van der Waals surface area contributed by atoms with E-state index in [1.165, 1.54) is 0 Å². The molecule has 0 aliphatic heterocycles. The molecule has 3 rings (SSSR count). The zero-order valence-electron chi connectivity index (χ0n) is 15.1. The number of nitrogens with zero attached hydrogens (tertiary/aromatic N) is 3. The smallest absolute Gasteiger partial charge is 0.231 e. The fraction of sp³-hybridized carbons (Fsp3) is 0.368. The van der Waals surface area contributed by atoms with Gasteiger partial charge in [0.1, 0.15) is 12.3 Å². The molecule has 6 nitrogen and oxygen atoms in total. The average molecular weight is 340 g/mol. The van der Waals surface area contributed by atoms with Gasteiger partial charge in [0.15, 0.2) is 11.5 Å². The second-order valence-corrected chi connectivity index (χ2v) is 6.83. The average Bonchev–Trinajstić information content (AvgIpc) is 2.92. The van der Waals surface area contributed by atoms with Crippen LogP contribution in [-0.2, 0) is 4.74 Å². The van der Waals surface area contributed by atoms with Gasteiger partial charge in [0.05, 0.1) is 6.61 Å². The maximum atomic E-state index is 5.64. The molecule has 132 valence electrons. The molecule has 0 saturated carbocycles. The molecule has 1 aromatic carbocycles. The van der Waals surface area contributed by atoms with Crippen molar-refractivity contribution >= 4 is 11.5 Å². The molecule has 3 aromatic rings. The minimum Gasteiger partial charge on any atom is -0.474 e. The third-order valence-electron chi connectivity index (χ3n) is 3.53. The standard InChI is InChI=1S/C19H24N4O2/c1-19(2,3)21-18-17(14-8-6-5-7-9-14)20-15-10-11-16(22-23(15)18)25-13-12-24-4/h5-11,21H,12-13H2,1-4H3. The third-order valence-corrected chi connectivity index (χ3v) is 3.53. The maximum Gasteiger partial charge on any atom is 0.231 e. The van der Waals surface area contributed by atoms with E-state index in [2.05, 4.69) is 31.2 Å². The van der Waals surface area contributed by atoms with Crippen molar-refractivity contribution in [3.8, 4) is 17.1 Å². The van der Waals surface area contributed by atoms with Gasteiger partial charge in [-0.3, -0.25) is 0 Å². The fourth-order valence-corrected chi connectivity index (χ4v) is 2.49. The normalized spacial score (nSPS) is 11.7. The molecule has 0 saturated heterocycles. The van der Waals surface area contributed by atoms with Crippen LogP contribution in [0.2, 0.25) is 0 Å². The summed E-state index contributed by atoms with van der Waals surface area (Å²) in [5, 5.41) is 8.11. The second kappa shape index (κ2) is 7.11. The summed E-state index contributed by atoms with van der Waals surface area (Å²) in [5.74, 6) is 1.39. The topological polar surface area (TPSA) is 60.7 Å². The molecule has 25 heavy (non-hydrogen) atoms. The van der Waals surface area contributed by atoms with Crippen LogP contribution in [0.5, 0.6) is 5.88 Å². The second-order valence-electron chi connectivity index (χ2n) is 6.83. The zero-order valence-corrected chi connectivity index (χ0v) is 15.1. The third kappa shape index (κ3) is 4.09. The Morgan fingerprint density at radius 1 is 1.04 bits per heavy atom. The van der Waals surface area contributed by atoms with Gasteiger partial charge in [-0.05, 0) is 26.8 Å². The predicted molar refractivity (Wildman–Crippen MR) is 99.2 cm³/mol. The monoisotopic (exact) mass is 340 g/mol. The Morgan fingerprint density at radius 3 is 2.48 bits per heavy atom. The first-order valence-electron chi connectivity index (χ1n) is 8.33. The van der Waals surface area contributed by atoms with Crippen LogP contribution >= 0.6 is 0 Å². The van der Waals surface area contributed by atoms with E-state index in [4.69, 9.17) is 14.5 Å². The molecule has 6 heteroatoms. The number of aromatic nitrogens is 3. The molecule has 0 fully saturated rings. The first-order chi connectivity index (χ1) is 12.0. The minimum atomic E-state index is -0.131. The van der Waals surface area contributed by atoms with E-state index in [0.717, 1.165) is 22.7 Å². The van der Waals surface area contributed by atoms with Crippen LogP contribution in [0.3, 0.4) is 0 Å². The van der Waals surface area contributed by atoms with Gasteiger partial charge in [-0.15, -0.1) is 5.10 Å². The molecule has 2 heterocycles. The molecule has 0 atom stereocenters. The van der Waals surface area contributed by atoms with Gasteiger partial charge in [0, 0.05) is 24.3 Å². The highest BCUT2D eigenvalue weighted by Gasteiger charge is 2.20. The first-order valence-corrected chi connectivity index (χ1v) is 8.33. The van der Waals surface area contributed by atoms with Gasteiger partial charge in [0.2, 0.25) is 5.88 Å². The first kappa shape index (κ1) is 17.2. The summed E-state index contributed by atoms with van der Waals surface area (Å²) >= 11 is 0. The number of anilines is 1. The van der Waals surface area contributed by atoms with Crippen LogP contribution in [-0.4, -0.2) is 40.5 Å². The van der Waals surface area contributed by atoms with Crippen molar-refractivity contribution in [2.24, 2.45) is 0 Å². The SMILES string of the molecule is COCCOc1ccc2nc(-c3ccccc3)c(NC(C)(C)C)n2n1. The van der Waals surface area contributed by atoms with Gasteiger partial charge in [-0.2, -0.15) is 4.52 Å². The highest BCUT2D eigenvalue weighted by Crippen LogP contribution is 2.30. The van der Waals surface area contributed by atoms with Crippen LogP contribution in [0.1, 0.15) is 20.8 Å². The van der Waals surface area contributed by atoms with Crippen LogP contribution < -0.4 is 10.1 Å². The molecular weight excluding hydrogens is 316 g/mol. The summed E-state index contributed by atoms with van der Waals surface area (Å²) in [7, 11) is 1.65. The lowest BCUT2D eigenvalue weighted by Gasteiger charge is -2.22. The molecule has 2 aromatic heterocycles. The van der Waals surface area contributed by atoms with E-state index in [1.54, 1.807) is 11.6 Å². The molecule has 0 amide bonds. The molecule has 0 aliphatic rings.